The fourth-order valence-electron chi connectivity index (χ4n) is 2.91. The van der Waals surface area contributed by atoms with Crippen molar-refractivity contribution in [1.29, 1.82) is 0 Å². The first-order chi connectivity index (χ1) is 11.1. The fourth-order valence-corrected chi connectivity index (χ4v) is 3.54. The number of rotatable bonds is 7. The quantitative estimate of drug-likeness (QED) is 0.833. The number of likely N-dealkylation sites (tertiary alicyclic amines) is 1. The van der Waals surface area contributed by atoms with Gasteiger partial charge in [-0.25, -0.2) is 0 Å². The molecule has 0 saturated carbocycles. The molecule has 4 nitrogen and oxygen atoms in total. The highest BCUT2D eigenvalue weighted by Gasteiger charge is 2.31. The second-order valence-corrected chi connectivity index (χ2v) is 7.34. The molecule has 0 spiro atoms. The molecule has 1 aromatic rings. The number of benzene rings is 1. The van der Waals surface area contributed by atoms with Crippen molar-refractivity contribution < 1.29 is 9.59 Å². The molecule has 1 N–H and O–H groups in total. The predicted octanol–water partition coefficient (Wildman–Crippen LogP) is 2.68. The predicted molar refractivity (Wildman–Crippen MR) is 95.2 cm³/mol. The summed E-state index contributed by atoms with van der Waals surface area (Å²) in [6.45, 7) is 5.97. The average Bonchev–Trinajstić information content (AvgIpc) is 3.01. The van der Waals surface area contributed by atoms with E-state index in [0.29, 0.717) is 5.75 Å². The molecule has 0 aromatic heterocycles. The third-order valence-electron chi connectivity index (χ3n) is 4.17. The zero-order valence-corrected chi connectivity index (χ0v) is 14.8. The molecule has 0 bridgehead atoms. The van der Waals surface area contributed by atoms with Crippen molar-refractivity contribution in [2.75, 3.05) is 18.8 Å². The number of nitrogens with one attached hydrogen (secondary N) is 1. The number of hydrogen-bond donors (Lipinski definition) is 1. The van der Waals surface area contributed by atoms with Gasteiger partial charge in [-0.1, -0.05) is 49.0 Å². The highest BCUT2D eigenvalue weighted by molar-refractivity contribution is 8.13. The first-order valence-corrected chi connectivity index (χ1v) is 9.25. The van der Waals surface area contributed by atoms with E-state index >= 15 is 0 Å². The Hall–Kier alpha value is -1.33. The van der Waals surface area contributed by atoms with Crippen LogP contribution in [0.3, 0.4) is 0 Å². The van der Waals surface area contributed by atoms with Gasteiger partial charge >= 0.3 is 0 Å². The zero-order valence-electron chi connectivity index (χ0n) is 14.0. The van der Waals surface area contributed by atoms with Crippen LogP contribution in [-0.4, -0.2) is 40.8 Å². The second-order valence-electron chi connectivity index (χ2n) is 6.15. The SMILES string of the molecule is CC(=O)SC[C@H](C)C(=O)N1CCC[C@H]1CNCc1ccccc1. The van der Waals surface area contributed by atoms with Gasteiger partial charge in [0.15, 0.2) is 5.12 Å². The van der Waals surface area contributed by atoms with E-state index in [1.807, 2.05) is 30.0 Å². The van der Waals surface area contributed by atoms with Gasteiger partial charge in [0, 0.05) is 44.3 Å². The normalized spacial score (nSPS) is 18.9. The molecule has 1 aliphatic rings. The zero-order chi connectivity index (χ0) is 16.7. The Balaban J connectivity index is 1.79. The number of amides is 1. The molecule has 1 aliphatic heterocycles. The van der Waals surface area contributed by atoms with Crippen molar-refractivity contribution in [3.05, 3.63) is 35.9 Å². The third-order valence-corrected chi connectivity index (χ3v) is 5.24. The minimum absolute atomic E-state index is 0.0761. The topological polar surface area (TPSA) is 49.4 Å². The molecule has 1 aromatic carbocycles. The van der Waals surface area contributed by atoms with Gasteiger partial charge in [0.2, 0.25) is 5.91 Å². The van der Waals surface area contributed by atoms with Crippen LogP contribution >= 0.6 is 11.8 Å². The first-order valence-electron chi connectivity index (χ1n) is 8.26. The monoisotopic (exact) mass is 334 g/mol. The smallest absolute Gasteiger partial charge is 0.226 e. The summed E-state index contributed by atoms with van der Waals surface area (Å²) in [5, 5.41) is 3.54. The minimum atomic E-state index is -0.0985. The molecular weight excluding hydrogens is 308 g/mol. The van der Waals surface area contributed by atoms with E-state index in [1.165, 1.54) is 17.3 Å². The molecule has 0 aliphatic carbocycles. The molecule has 2 atom stereocenters. The molecular formula is C18H26N2O2S. The van der Waals surface area contributed by atoms with Crippen LogP contribution in [0.2, 0.25) is 0 Å². The Morgan fingerprint density at radius 1 is 1.35 bits per heavy atom. The van der Waals surface area contributed by atoms with Crippen LogP contribution in [0.1, 0.15) is 32.3 Å². The van der Waals surface area contributed by atoms with Gasteiger partial charge in [-0.2, -0.15) is 0 Å². The summed E-state index contributed by atoms with van der Waals surface area (Å²) in [5.74, 6) is 0.663. The van der Waals surface area contributed by atoms with Crippen LogP contribution in [0.5, 0.6) is 0 Å². The van der Waals surface area contributed by atoms with Gasteiger partial charge in [-0.3, -0.25) is 9.59 Å². The van der Waals surface area contributed by atoms with E-state index in [2.05, 4.69) is 17.4 Å². The molecule has 5 heteroatoms. The van der Waals surface area contributed by atoms with Crippen molar-refractivity contribution in [2.45, 2.75) is 39.3 Å². The molecule has 2 rings (SSSR count). The Kier molecular flexibility index (Phi) is 7.12. The van der Waals surface area contributed by atoms with Crippen molar-refractivity contribution >= 4 is 22.8 Å². The summed E-state index contributed by atoms with van der Waals surface area (Å²) < 4.78 is 0. The lowest BCUT2D eigenvalue weighted by Gasteiger charge is -2.27. The third kappa shape index (κ3) is 5.66. The van der Waals surface area contributed by atoms with Crippen molar-refractivity contribution in [2.24, 2.45) is 5.92 Å². The van der Waals surface area contributed by atoms with E-state index in [4.69, 9.17) is 0 Å². The standard InChI is InChI=1S/C18H26N2O2S/c1-14(13-23-15(2)21)18(22)20-10-6-9-17(20)12-19-11-16-7-4-3-5-8-16/h3-5,7-8,14,17,19H,6,9-13H2,1-2H3/t14-,17-/m0/s1. The highest BCUT2D eigenvalue weighted by atomic mass is 32.2. The summed E-state index contributed by atoms with van der Waals surface area (Å²) in [7, 11) is 0. The van der Waals surface area contributed by atoms with Crippen LogP contribution in [-0.2, 0) is 16.1 Å². The second kappa shape index (κ2) is 9.08. The maximum absolute atomic E-state index is 12.6. The maximum Gasteiger partial charge on any atom is 0.226 e. The van der Waals surface area contributed by atoms with Crippen LogP contribution < -0.4 is 5.32 Å². The van der Waals surface area contributed by atoms with Crippen molar-refractivity contribution in [3.8, 4) is 0 Å². The summed E-state index contributed by atoms with van der Waals surface area (Å²) >= 11 is 1.24. The van der Waals surface area contributed by atoms with E-state index in [-0.39, 0.29) is 23.0 Å². The Morgan fingerprint density at radius 2 is 2.09 bits per heavy atom. The molecule has 0 unspecified atom stereocenters. The molecule has 1 heterocycles. The molecule has 1 saturated heterocycles. The molecule has 1 fully saturated rings. The average molecular weight is 334 g/mol. The van der Waals surface area contributed by atoms with Crippen LogP contribution in [0.4, 0.5) is 0 Å². The summed E-state index contributed by atoms with van der Waals surface area (Å²) in [4.78, 5) is 25.6. The van der Waals surface area contributed by atoms with Crippen LogP contribution in [0.15, 0.2) is 30.3 Å². The summed E-state index contributed by atoms with van der Waals surface area (Å²) in [5.41, 5.74) is 1.26. The number of hydrogen-bond acceptors (Lipinski definition) is 4. The van der Waals surface area contributed by atoms with Gasteiger partial charge in [0.1, 0.15) is 0 Å². The van der Waals surface area contributed by atoms with Crippen LogP contribution in [0, 0.1) is 5.92 Å². The number of carbonyl (C=O) groups excluding carboxylic acids is 2. The molecule has 0 radical (unpaired) electrons. The van der Waals surface area contributed by atoms with Crippen molar-refractivity contribution in [3.63, 3.8) is 0 Å². The minimum Gasteiger partial charge on any atom is -0.338 e. The van der Waals surface area contributed by atoms with E-state index < -0.39 is 0 Å². The van der Waals surface area contributed by atoms with Gasteiger partial charge in [-0.05, 0) is 18.4 Å². The van der Waals surface area contributed by atoms with Crippen LogP contribution in [0.25, 0.3) is 0 Å². The lowest BCUT2D eigenvalue weighted by molar-refractivity contribution is -0.135. The highest BCUT2D eigenvalue weighted by Crippen LogP contribution is 2.21. The summed E-state index contributed by atoms with van der Waals surface area (Å²) in [6, 6.07) is 10.6. The van der Waals surface area contributed by atoms with E-state index in [1.54, 1.807) is 6.92 Å². The first kappa shape index (κ1) is 18.0. The van der Waals surface area contributed by atoms with Gasteiger partial charge in [-0.15, -0.1) is 0 Å². The molecule has 1 amide bonds. The maximum atomic E-state index is 12.6. The lowest BCUT2D eigenvalue weighted by Crippen LogP contribution is -2.44. The van der Waals surface area contributed by atoms with E-state index in [0.717, 1.165) is 32.5 Å². The Bertz CT molecular complexity index is 521. The number of thioether (sulfide) groups is 1. The lowest BCUT2D eigenvalue weighted by atomic mass is 10.1. The van der Waals surface area contributed by atoms with Gasteiger partial charge in [0.05, 0.1) is 0 Å². The molecule has 23 heavy (non-hydrogen) atoms. The van der Waals surface area contributed by atoms with Crippen molar-refractivity contribution in [1.82, 2.24) is 10.2 Å². The molecule has 126 valence electrons. The Morgan fingerprint density at radius 3 is 2.78 bits per heavy atom. The number of nitrogens with zero attached hydrogens (tertiary/aromatic N) is 1. The van der Waals surface area contributed by atoms with Gasteiger partial charge in [0.25, 0.3) is 0 Å². The summed E-state index contributed by atoms with van der Waals surface area (Å²) in [6.07, 6.45) is 2.12. The number of carbonyl (C=O) groups is 2. The van der Waals surface area contributed by atoms with E-state index in [9.17, 15) is 9.59 Å². The largest absolute Gasteiger partial charge is 0.338 e. The fraction of sp³-hybridized carbons (Fsp3) is 0.556. The van der Waals surface area contributed by atoms with Gasteiger partial charge < -0.3 is 10.2 Å². The Labute approximate surface area is 143 Å².